The van der Waals surface area contributed by atoms with Gasteiger partial charge in [-0.3, -0.25) is 9.59 Å². The lowest BCUT2D eigenvalue weighted by molar-refractivity contribution is -0.142. The van der Waals surface area contributed by atoms with Crippen molar-refractivity contribution >= 4 is 11.8 Å². The third-order valence-corrected chi connectivity index (χ3v) is 5.98. The lowest BCUT2D eigenvalue weighted by Crippen LogP contribution is -2.51. The Morgan fingerprint density at radius 2 is 1.49 bits per heavy atom. The van der Waals surface area contributed by atoms with Crippen LogP contribution >= 0.6 is 0 Å². The zero-order valence-corrected chi connectivity index (χ0v) is 22.0. The van der Waals surface area contributed by atoms with Crippen LogP contribution in [0.2, 0.25) is 0 Å². The molecule has 0 aliphatic heterocycles. The molecule has 3 aromatic carbocycles. The first kappa shape index (κ1) is 27.6. The normalized spacial score (nSPS) is 11.4. The van der Waals surface area contributed by atoms with Crippen molar-refractivity contribution in [2.75, 3.05) is 27.4 Å². The van der Waals surface area contributed by atoms with E-state index >= 15 is 0 Å². The lowest BCUT2D eigenvalue weighted by atomic mass is 10.0. The van der Waals surface area contributed by atoms with Gasteiger partial charge >= 0.3 is 0 Å². The van der Waals surface area contributed by atoms with E-state index in [4.69, 9.17) is 14.2 Å². The molecule has 0 aliphatic carbocycles. The van der Waals surface area contributed by atoms with E-state index in [1.54, 1.807) is 37.3 Å². The van der Waals surface area contributed by atoms with E-state index in [2.05, 4.69) is 5.32 Å². The molecular weight excluding hydrogens is 468 g/mol. The number of nitrogens with zero attached hydrogens (tertiary/aromatic N) is 1. The second-order valence-corrected chi connectivity index (χ2v) is 8.84. The lowest BCUT2D eigenvalue weighted by Gasteiger charge is -2.31. The molecule has 196 valence electrons. The molecule has 2 amide bonds. The van der Waals surface area contributed by atoms with Gasteiger partial charge < -0.3 is 24.4 Å². The molecule has 0 aromatic heterocycles. The fourth-order valence-electron chi connectivity index (χ4n) is 3.90. The van der Waals surface area contributed by atoms with Crippen molar-refractivity contribution in [2.45, 2.75) is 39.3 Å². The zero-order valence-electron chi connectivity index (χ0n) is 22.0. The van der Waals surface area contributed by atoms with E-state index < -0.39 is 6.04 Å². The maximum Gasteiger partial charge on any atom is 0.261 e. The average Bonchev–Trinajstić information content (AvgIpc) is 2.93. The fourth-order valence-corrected chi connectivity index (χ4v) is 3.90. The number of carbonyl (C=O) groups excluding carboxylic acids is 2. The Bertz CT molecular complexity index is 1130. The van der Waals surface area contributed by atoms with E-state index in [1.807, 2.05) is 68.4 Å². The number of carbonyl (C=O) groups is 2. The van der Waals surface area contributed by atoms with E-state index in [0.717, 1.165) is 23.1 Å². The summed E-state index contributed by atoms with van der Waals surface area (Å²) >= 11 is 0. The Labute approximate surface area is 219 Å². The smallest absolute Gasteiger partial charge is 0.261 e. The van der Waals surface area contributed by atoms with Gasteiger partial charge in [0, 0.05) is 37.7 Å². The largest absolute Gasteiger partial charge is 0.496 e. The number of hydrogen-bond acceptors (Lipinski definition) is 5. The summed E-state index contributed by atoms with van der Waals surface area (Å²) in [6.45, 7) is 4.59. The minimum atomic E-state index is -0.703. The molecule has 0 unspecified atom stereocenters. The van der Waals surface area contributed by atoms with Crippen molar-refractivity contribution in [2.24, 2.45) is 0 Å². The number of ether oxygens (including phenoxy) is 3. The van der Waals surface area contributed by atoms with Crippen LogP contribution in [0.1, 0.15) is 30.0 Å². The van der Waals surface area contributed by atoms with Gasteiger partial charge in [0.1, 0.15) is 23.3 Å². The van der Waals surface area contributed by atoms with Gasteiger partial charge in [-0.05, 0) is 24.5 Å². The highest BCUT2D eigenvalue weighted by atomic mass is 16.5. The molecule has 0 fully saturated rings. The molecule has 3 rings (SSSR count). The predicted molar refractivity (Wildman–Crippen MR) is 144 cm³/mol. The van der Waals surface area contributed by atoms with Crippen molar-refractivity contribution in [3.05, 3.63) is 89.5 Å². The van der Waals surface area contributed by atoms with Gasteiger partial charge in [-0.25, -0.2) is 0 Å². The number of rotatable bonds is 13. The highest BCUT2D eigenvalue weighted by Crippen LogP contribution is 2.27. The summed E-state index contributed by atoms with van der Waals surface area (Å²) in [6.07, 6.45) is 1.19. The predicted octanol–water partition coefficient (Wildman–Crippen LogP) is 4.56. The van der Waals surface area contributed by atoms with Crippen molar-refractivity contribution in [3.8, 4) is 17.2 Å². The molecule has 0 heterocycles. The first-order valence-corrected chi connectivity index (χ1v) is 12.5. The Hall–Kier alpha value is -4.00. The molecule has 0 radical (unpaired) electrons. The number of methoxy groups -OCH3 is 2. The molecular formula is C30H36N2O5. The third-order valence-electron chi connectivity index (χ3n) is 5.98. The average molecular weight is 505 g/mol. The zero-order chi connectivity index (χ0) is 26.6. The van der Waals surface area contributed by atoms with Gasteiger partial charge in [-0.2, -0.15) is 0 Å². The van der Waals surface area contributed by atoms with E-state index in [-0.39, 0.29) is 25.0 Å². The summed E-state index contributed by atoms with van der Waals surface area (Å²) in [5, 5.41) is 2.98. The SMILES string of the molecule is CCCNC(=O)[C@@H](Cc1ccccc1)N(Cc1ccc(C)cc1)C(=O)COc1cc(OC)cc(OC)c1. The molecule has 37 heavy (non-hydrogen) atoms. The van der Waals surface area contributed by atoms with E-state index in [0.29, 0.717) is 30.2 Å². The standard InChI is InChI=1S/C30H36N2O5/c1-5-15-31-30(34)28(16-23-9-7-6-8-10-23)32(20-24-13-11-22(2)12-14-24)29(33)21-37-27-18-25(35-3)17-26(19-27)36-4/h6-14,17-19,28H,5,15-16,20-21H2,1-4H3,(H,31,34)/t28-/m1/s1. The van der Waals surface area contributed by atoms with Crippen LogP contribution in [0.5, 0.6) is 17.2 Å². The molecule has 1 N–H and O–H groups in total. The van der Waals surface area contributed by atoms with E-state index in [9.17, 15) is 9.59 Å². The number of benzene rings is 3. The molecule has 0 saturated carbocycles. The molecule has 0 spiro atoms. The fraction of sp³-hybridized carbons (Fsp3) is 0.333. The van der Waals surface area contributed by atoms with Crippen LogP contribution in [-0.2, 0) is 22.6 Å². The Kier molecular flexibility index (Phi) is 10.4. The monoisotopic (exact) mass is 504 g/mol. The van der Waals surface area contributed by atoms with Gasteiger partial charge in [0.15, 0.2) is 6.61 Å². The first-order chi connectivity index (χ1) is 17.9. The van der Waals surface area contributed by atoms with Crippen molar-refractivity contribution in [1.82, 2.24) is 10.2 Å². The number of aryl methyl sites for hydroxylation is 1. The first-order valence-electron chi connectivity index (χ1n) is 12.5. The number of amides is 2. The van der Waals surface area contributed by atoms with Crippen LogP contribution in [0.15, 0.2) is 72.8 Å². The van der Waals surface area contributed by atoms with Crippen molar-refractivity contribution in [1.29, 1.82) is 0 Å². The van der Waals surface area contributed by atoms with Crippen molar-refractivity contribution in [3.63, 3.8) is 0 Å². The quantitative estimate of drug-likeness (QED) is 0.369. The van der Waals surface area contributed by atoms with Gasteiger partial charge in [-0.15, -0.1) is 0 Å². The minimum Gasteiger partial charge on any atom is -0.496 e. The Morgan fingerprint density at radius 1 is 0.865 bits per heavy atom. The molecule has 1 atom stereocenters. The maximum absolute atomic E-state index is 13.7. The highest BCUT2D eigenvalue weighted by molar-refractivity contribution is 5.88. The van der Waals surface area contributed by atoms with Gasteiger partial charge in [0.2, 0.25) is 5.91 Å². The molecule has 0 aliphatic rings. The molecule has 3 aromatic rings. The van der Waals surface area contributed by atoms with Crippen LogP contribution in [0, 0.1) is 6.92 Å². The molecule has 0 bridgehead atoms. The summed E-state index contributed by atoms with van der Waals surface area (Å²) in [7, 11) is 3.10. The highest BCUT2D eigenvalue weighted by Gasteiger charge is 2.30. The minimum absolute atomic E-state index is 0.186. The summed E-state index contributed by atoms with van der Waals surface area (Å²) in [5.41, 5.74) is 3.03. The number of nitrogens with one attached hydrogen (secondary N) is 1. The Balaban J connectivity index is 1.90. The van der Waals surface area contributed by atoms with Crippen LogP contribution in [0.4, 0.5) is 0 Å². The Morgan fingerprint density at radius 3 is 2.08 bits per heavy atom. The molecule has 0 saturated heterocycles. The summed E-state index contributed by atoms with van der Waals surface area (Å²) < 4.78 is 16.5. The summed E-state index contributed by atoms with van der Waals surface area (Å²) in [4.78, 5) is 28.6. The summed E-state index contributed by atoms with van der Waals surface area (Å²) in [6, 6.07) is 22.1. The topological polar surface area (TPSA) is 77.1 Å². The van der Waals surface area contributed by atoms with Gasteiger partial charge in [-0.1, -0.05) is 67.1 Å². The third kappa shape index (κ3) is 8.27. The van der Waals surface area contributed by atoms with Gasteiger partial charge in [0.05, 0.1) is 14.2 Å². The maximum atomic E-state index is 13.7. The van der Waals surface area contributed by atoms with Crippen LogP contribution in [0.3, 0.4) is 0 Å². The second-order valence-electron chi connectivity index (χ2n) is 8.84. The number of hydrogen-bond donors (Lipinski definition) is 1. The summed E-state index contributed by atoms with van der Waals surface area (Å²) in [5.74, 6) is 1.07. The van der Waals surface area contributed by atoms with Crippen molar-refractivity contribution < 1.29 is 23.8 Å². The van der Waals surface area contributed by atoms with E-state index in [1.165, 1.54) is 0 Å². The molecule has 7 nitrogen and oxygen atoms in total. The van der Waals surface area contributed by atoms with Crippen LogP contribution in [0.25, 0.3) is 0 Å². The second kappa shape index (κ2) is 13.9. The molecule has 7 heteroatoms. The van der Waals surface area contributed by atoms with Crippen LogP contribution < -0.4 is 19.5 Å². The van der Waals surface area contributed by atoms with Gasteiger partial charge in [0.25, 0.3) is 5.91 Å². The van der Waals surface area contributed by atoms with Crippen LogP contribution in [-0.4, -0.2) is 50.1 Å².